The minimum absolute atomic E-state index is 0.0384. The number of hydrogen-bond donors (Lipinski definition) is 2. The Labute approximate surface area is 141 Å². The molecule has 0 unspecified atom stereocenters. The summed E-state index contributed by atoms with van der Waals surface area (Å²) in [5.41, 5.74) is 11.4. The van der Waals surface area contributed by atoms with Gasteiger partial charge in [0.15, 0.2) is 5.78 Å². The molecule has 0 amide bonds. The molecule has 3 rings (SSSR count). The normalized spacial score (nSPS) is 12.1. The molecule has 4 nitrogen and oxygen atoms in total. The number of carbonyl (C=O) groups excluding carboxylic acids is 1. The Morgan fingerprint density at radius 1 is 1.21 bits per heavy atom. The summed E-state index contributed by atoms with van der Waals surface area (Å²) in [5.74, 6) is 0.0384. The van der Waals surface area contributed by atoms with Gasteiger partial charge < -0.3 is 10.7 Å². The molecular weight excluding hydrogens is 298 g/mol. The number of imidazole rings is 1. The predicted molar refractivity (Wildman–Crippen MR) is 95.6 cm³/mol. The number of aryl methyl sites for hydroxylation is 1. The lowest BCUT2D eigenvalue weighted by Crippen LogP contribution is -2.34. The van der Waals surface area contributed by atoms with E-state index in [1.165, 1.54) is 11.1 Å². The fraction of sp³-hybridized carbons (Fsp3) is 0.200. The minimum atomic E-state index is -0.514. The molecule has 4 heteroatoms. The van der Waals surface area contributed by atoms with Crippen molar-refractivity contribution < 1.29 is 4.79 Å². The summed E-state index contributed by atoms with van der Waals surface area (Å²) in [7, 11) is 0. The van der Waals surface area contributed by atoms with Crippen LogP contribution < -0.4 is 5.73 Å². The van der Waals surface area contributed by atoms with Crippen molar-refractivity contribution in [3.8, 4) is 11.1 Å². The zero-order chi connectivity index (χ0) is 16.9. The number of benzene rings is 2. The van der Waals surface area contributed by atoms with Gasteiger partial charge in [-0.25, -0.2) is 4.98 Å². The number of aromatic amines is 1. The number of rotatable bonds is 6. The van der Waals surface area contributed by atoms with Crippen LogP contribution in [0.15, 0.2) is 61.1 Å². The third-order valence-corrected chi connectivity index (χ3v) is 4.16. The van der Waals surface area contributed by atoms with E-state index in [0.29, 0.717) is 12.8 Å². The lowest BCUT2D eigenvalue weighted by atomic mass is 9.95. The number of nitrogens with zero attached hydrogens (tertiary/aromatic N) is 1. The molecule has 0 saturated heterocycles. The maximum atomic E-state index is 12.3. The molecule has 0 aliphatic heterocycles. The third-order valence-electron chi connectivity index (χ3n) is 4.16. The second-order valence-electron chi connectivity index (χ2n) is 6.05. The number of nitrogens with two attached hydrogens (primary N) is 1. The fourth-order valence-corrected chi connectivity index (χ4v) is 2.86. The van der Waals surface area contributed by atoms with Gasteiger partial charge in [0.05, 0.1) is 12.4 Å². The first-order valence-corrected chi connectivity index (χ1v) is 8.04. The van der Waals surface area contributed by atoms with Crippen LogP contribution >= 0.6 is 0 Å². The van der Waals surface area contributed by atoms with Crippen molar-refractivity contribution in [1.29, 1.82) is 0 Å². The van der Waals surface area contributed by atoms with Gasteiger partial charge >= 0.3 is 0 Å². The molecule has 3 aromatic rings. The highest BCUT2D eigenvalue weighted by atomic mass is 16.1. The number of H-pyrrole nitrogens is 1. The van der Waals surface area contributed by atoms with Crippen molar-refractivity contribution in [2.75, 3.05) is 0 Å². The molecule has 3 N–H and O–H groups in total. The maximum absolute atomic E-state index is 12.3. The van der Waals surface area contributed by atoms with E-state index in [1.807, 2.05) is 24.3 Å². The van der Waals surface area contributed by atoms with Crippen molar-refractivity contribution in [3.05, 3.63) is 77.9 Å². The molecule has 0 aliphatic rings. The van der Waals surface area contributed by atoms with Gasteiger partial charge in [0.25, 0.3) is 0 Å². The summed E-state index contributed by atoms with van der Waals surface area (Å²) in [4.78, 5) is 19.3. The third kappa shape index (κ3) is 3.78. The Morgan fingerprint density at radius 3 is 2.67 bits per heavy atom. The number of Topliss-reactive ketones (excluding diaryl/α,β-unsaturated/α-hetero) is 1. The second-order valence-corrected chi connectivity index (χ2v) is 6.05. The topological polar surface area (TPSA) is 71.8 Å². The van der Waals surface area contributed by atoms with Crippen LogP contribution in [0.1, 0.15) is 16.8 Å². The van der Waals surface area contributed by atoms with Gasteiger partial charge in [-0.1, -0.05) is 48.5 Å². The molecule has 0 fully saturated rings. The Kier molecular flexibility index (Phi) is 4.87. The number of hydrogen-bond acceptors (Lipinski definition) is 3. The lowest BCUT2D eigenvalue weighted by molar-refractivity contribution is -0.119. The Hall–Kier alpha value is -2.72. The zero-order valence-electron chi connectivity index (χ0n) is 13.7. The molecule has 24 heavy (non-hydrogen) atoms. The molecule has 0 saturated carbocycles. The second kappa shape index (κ2) is 7.23. The first-order chi connectivity index (χ1) is 11.6. The molecular formula is C20H21N3O. The molecule has 0 radical (unpaired) electrons. The molecule has 1 atom stereocenters. The van der Waals surface area contributed by atoms with Gasteiger partial charge in [-0.15, -0.1) is 0 Å². The van der Waals surface area contributed by atoms with Crippen LogP contribution in [0.3, 0.4) is 0 Å². The number of carbonyl (C=O) groups is 1. The van der Waals surface area contributed by atoms with E-state index in [0.717, 1.165) is 16.8 Å². The van der Waals surface area contributed by atoms with Gasteiger partial charge in [-0.2, -0.15) is 0 Å². The van der Waals surface area contributed by atoms with Crippen LogP contribution in [0.5, 0.6) is 0 Å². The van der Waals surface area contributed by atoms with Crippen LogP contribution in [0.4, 0.5) is 0 Å². The van der Waals surface area contributed by atoms with E-state index < -0.39 is 6.04 Å². The summed E-state index contributed by atoms with van der Waals surface area (Å²) in [5, 5.41) is 0. The Morgan fingerprint density at radius 2 is 2.00 bits per heavy atom. The molecule has 1 heterocycles. The summed E-state index contributed by atoms with van der Waals surface area (Å²) >= 11 is 0. The van der Waals surface area contributed by atoms with Crippen molar-refractivity contribution in [1.82, 2.24) is 9.97 Å². The minimum Gasteiger partial charge on any atom is -0.348 e. The monoisotopic (exact) mass is 319 g/mol. The van der Waals surface area contributed by atoms with E-state index in [1.54, 1.807) is 12.5 Å². The highest BCUT2D eigenvalue weighted by Crippen LogP contribution is 2.24. The average molecular weight is 319 g/mol. The Balaban J connectivity index is 1.69. The highest BCUT2D eigenvalue weighted by Gasteiger charge is 2.16. The molecule has 1 aromatic heterocycles. The van der Waals surface area contributed by atoms with Crippen LogP contribution in [0.2, 0.25) is 0 Å². The van der Waals surface area contributed by atoms with E-state index in [4.69, 9.17) is 5.73 Å². The summed E-state index contributed by atoms with van der Waals surface area (Å²) in [6.45, 7) is 2.07. The molecule has 122 valence electrons. The van der Waals surface area contributed by atoms with Crippen LogP contribution in [0.25, 0.3) is 11.1 Å². The number of aromatic nitrogens is 2. The van der Waals surface area contributed by atoms with Crippen molar-refractivity contribution in [2.45, 2.75) is 25.8 Å². The SMILES string of the molecule is Cc1cc(CC(=O)[C@@H](N)Cc2cnc[nH]2)ccc1-c1ccccc1. The van der Waals surface area contributed by atoms with Crippen LogP contribution in [-0.4, -0.2) is 21.8 Å². The smallest absolute Gasteiger partial charge is 0.154 e. The van der Waals surface area contributed by atoms with Gasteiger partial charge in [0.2, 0.25) is 0 Å². The maximum Gasteiger partial charge on any atom is 0.154 e. The number of ketones is 1. The molecule has 0 aliphatic carbocycles. The van der Waals surface area contributed by atoms with Crippen molar-refractivity contribution in [2.24, 2.45) is 5.73 Å². The zero-order valence-corrected chi connectivity index (χ0v) is 13.7. The van der Waals surface area contributed by atoms with Gasteiger partial charge in [-0.3, -0.25) is 4.79 Å². The lowest BCUT2D eigenvalue weighted by Gasteiger charge is -2.12. The highest BCUT2D eigenvalue weighted by molar-refractivity contribution is 5.86. The molecule has 0 bridgehead atoms. The van der Waals surface area contributed by atoms with Gasteiger partial charge in [-0.05, 0) is 29.2 Å². The quantitative estimate of drug-likeness (QED) is 0.733. The summed E-state index contributed by atoms with van der Waals surface area (Å²) in [6, 6.07) is 15.9. The fourth-order valence-electron chi connectivity index (χ4n) is 2.86. The van der Waals surface area contributed by atoms with Gasteiger partial charge in [0.1, 0.15) is 0 Å². The van der Waals surface area contributed by atoms with Crippen LogP contribution in [0, 0.1) is 6.92 Å². The van der Waals surface area contributed by atoms with E-state index >= 15 is 0 Å². The summed E-state index contributed by atoms with van der Waals surface area (Å²) < 4.78 is 0. The average Bonchev–Trinajstić information content (AvgIpc) is 3.08. The largest absolute Gasteiger partial charge is 0.348 e. The number of nitrogens with one attached hydrogen (secondary N) is 1. The first-order valence-electron chi connectivity index (χ1n) is 8.04. The summed E-state index contributed by atoms with van der Waals surface area (Å²) in [6.07, 6.45) is 4.13. The van der Waals surface area contributed by atoms with E-state index in [2.05, 4.69) is 41.2 Å². The first kappa shape index (κ1) is 16.1. The van der Waals surface area contributed by atoms with Crippen LogP contribution in [-0.2, 0) is 17.6 Å². The van der Waals surface area contributed by atoms with E-state index in [9.17, 15) is 4.79 Å². The van der Waals surface area contributed by atoms with Gasteiger partial charge in [0, 0.05) is 24.7 Å². The van der Waals surface area contributed by atoms with Crippen molar-refractivity contribution >= 4 is 5.78 Å². The standard InChI is InChI=1S/C20H21N3O/c1-14-9-15(7-8-18(14)16-5-3-2-4-6-16)10-20(24)19(21)11-17-12-22-13-23-17/h2-9,12-13,19H,10-11,21H2,1H3,(H,22,23)/t19-/m0/s1. The Bertz CT molecular complexity index is 810. The van der Waals surface area contributed by atoms with Crippen molar-refractivity contribution in [3.63, 3.8) is 0 Å². The predicted octanol–water partition coefficient (Wildman–Crippen LogP) is 3.07. The molecule has 0 spiro atoms. The van der Waals surface area contributed by atoms with E-state index in [-0.39, 0.29) is 5.78 Å². The molecule has 2 aromatic carbocycles.